The highest BCUT2D eigenvalue weighted by molar-refractivity contribution is 14.1. The summed E-state index contributed by atoms with van der Waals surface area (Å²) in [5, 5.41) is 11.7. The fourth-order valence-corrected chi connectivity index (χ4v) is 3.33. The lowest BCUT2D eigenvalue weighted by Gasteiger charge is -2.31. The maximum absolute atomic E-state index is 12.4. The summed E-state index contributed by atoms with van der Waals surface area (Å²) < 4.78 is 1.17. The molecular formula is C16H20IN3O. The molecule has 1 aromatic rings. The highest BCUT2D eigenvalue weighted by atomic mass is 127. The Morgan fingerprint density at radius 3 is 3.10 bits per heavy atom. The third-order valence-corrected chi connectivity index (χ3v) is 4.53. The molecule has 1 aliphatic heterocycles. The number of nitriles is 1. The monoisotopic (exact) mass is 397 g/mol. The highest BCUT2D eigenvalue weighted by Crippen LogP contribution is 2.22. The number of halogens is 1. The molecule has 5 heteroatoms. The minimum absolute atomic E-state index is 0.0242. The van der Waals surface area contributed by atoms with Crippen molar-refractivity contribution in [2.75, 3.05) is 25.0 Å². The third kappa shape index (κ3) is 4.68. The van der Waals surface area contributed by atoms with Gasteiger partial charge in [0.2, 0.25) is 5.91 Å². The molecule has 1 unspecified atom stereocenters. The average molecular weight is 397 g/mol. The molecule has 1 fully saturated rings. The van der Waals surface area contributed by atoms with Gasteiger partial charge in [0.05, 0.1) is 12.0 Å². The molecule has 112 valence electrons. The summed E-state index contributed by atoms with van der Waals surface area (Å²) in [6, 6.07) is 8.20. The Morgan fingerprint density at radius 2 is 2.38 bits per heavy atom. The first kappa shape index (κ1) is 16.2. The summed E-state index contributed by atoms with van der Waals surface area (Å²) in [4.78, 5) is 14.6. The minimum Gasteiger partial charge on any atom is -0.326 e. The first-order chi connectivity index (χ1) is 10.1. The summed E-state index contributed by atoms with van der Waals surface area (Å²) in [6.07, 6.45) is 2.48. The summed E-state index contributed by atoms with van der Waals surface area (Å²) in [6.45, 7) is 4.53. The van der Waals surface area contributed by atoms with Crippen LogP contribution in [0.2, 0.25) is 0 Å². The smallest absolute Gasteiger partial charge is 0.228 e. The van der Waals surface area contributed by atoms with Crippen molar-refractivity contribution in [2.45, 2.75) is 26.2 Å². The van der Waals surface area contributed by atoms with Crippen molar-refractivity contribution in [3.05, 3.63) is 27.3 Å². The predicted molar refractivity (Wildman–Crippen MR) is 91.9 cm³/mol. The van der Waals surface area contributed by atoms with E-state index in [2.05, 4.69) is 44.9 Å². The first-order valence-electron chi connectivity index (χ1n) is 7.26. The number of amides is 1. The number of aryl methyl sites for hydroxylation is 1. The van der Waals surface area contributed by atoms with Gasteiger partial charge in [-0.15, -0.1) is 0 Å². The molecule has 0 aliphatic carbocycles. The van der Waals surface area contributed by atoms with Crippen LogP contribution in [-0.4, -0.2) is 30.4 Å². The van der Waals surface area contributed by atoms with E-state index in [-0.39, 0.29) is 11.8 Å². The number of rotatable bonds is 4. The fourth-order valence-electron chi connectivity index (χ4n) is 2.68. The van der Waals surface area contributed by atoms with E-state index >= 15 is 0 Å². The largest absolute Gasteiger partial charge is 0.326 e. The van der Waals surface area contributed by atoms with Gasteiger partial charge in [-0.05, 0) is 72.7 Å². The van der Waals surface area contributed by atoms with Crippen molar-refractivity contribution < 1.29 is 4.79 Å². The van der Waals surface area contributed by atoms with Gasteiger partial charge in [-0.2, -0.15) is 5.26 Å². The van der Waals surface area contributed by atoms with Gasteiger partial charge in [-0.1, -0.05) is 0 Å². The number of hydrogen-bond donors (Lipinski definition) is 1. The Balaban J connectivity index is 1.95. The molecule has 0 radical (unpaired) electrons. The maximum atomic E-state index is 12.4. The second kappa shape index (κ2) is 7.76. The SMILES string of the molecule is Cc1cc(I)ccc1NC(=O)C1CCCN(CCC#N)C1. The van der Waals surface area contributed by atoms with E-state index in [4.69, 9.17) is 5.26 Å². The van der Waals surface area contributed by atoms with Crippen LogP contribution < -0.4 is 5.32 Å². The molecule has 1 amide bonds. The average Bonchev–Trinajstić information content (AvgIpc) is 2.48. The van der Waals surface area contributed by atoms with Gasteiger partial charge in [-0.3, -0.25) is 4.79 Å². The minimum atomic E-state index is 0.0242. The highest BCUT2D eigenvalue weighted by Gasteiger charge is 2.25. The lowest BCUT2D eigenvalue weighted by molar-refractivity contribution is -0.121. The third-order valence-electron chi connectivity index (χ3n) is 3.86. The molecule has 1 atom stereocenters. The van der Waals surface area contributed by atoms with Crippen LogP contribution in [0, 0.1) is 27.7 Å². The summed E-state index contributed by atoms with van der Waals surface area (Å²) in [5.41, 5.74) is 1.99. The molecule has 0 spiro atoms. The van der Waals surface area contributed by atoms with Crippen LogP contribution in [0.15, 0.2) is 18.2 Å². The van der Waals surface area contributed by atoms with E-state index < -0.39 is 0 Å². The number of anilines is 1. The van der Waals surface area contributed by atoms with Crippen molar-refractivity contribution in [1.29, 1.82) is 5.26 Å². The molecule has 0 aromatic heterocycles. The van der Waals surface area contributed by atoms with Gasteiger partial charge in [0, 0.05) is 28.8 Å². The van der Waals surface area contributed by atoms with Gasteiger partial charge in [0.15, 0.2) is 0 Å². The summed E-state index contributed by atoms with van der Waals surface area (Å²) >= 11 is 2.27. The number of nitrogens with zero attached hydrogens (tertiary/aromatic N) is 2. The number of nitrogens with one attached hydrogen (secondary N) is 1. The van der Waals surface area contributed by atoms with Crippen LogP contribution in [0.1, 0.15) is 24.8 Å². The topological polar surface area (TPSA) is 56.1 Å². The molecule has 1 heterocycles. The predicted octanol–water partition coefficient (Wildman–Crippen LogP) is 3.16. The summed E-state index contributed by atoms with van der Waals surface area (Å²) in [7, 11) is 0. The van der Waals surface area contributed by atoms with Crippen molar-refractivity contribution >= 4 is 34.2 Å². The van der Waals surface area contributed by atoms with Crippen molar-refractivity contribution in [2.24, 2.45) is 5.92 Å². The Morgan fingerprint density at radius 1 is 1.57 bits per heavy atom. The zero-order valence-electron chi connectivity index (χ0n) is 12.2. The van der Waals surface area contributed by atoms with Gasteiger partial charge in [0.1, 0.15) is 0 Å². The van der Waals surface area contributed by atoms with Gasteiger partial charge >= 0.3 is 0 Å². The van der Waals surface area contributed by atoms with E-state index in [9.17, 15) is 4.79 Å². The van der Waals surface area contributed by atoms with Crippen LogP contribution >= 0.6 is 22.6 Å². The van der Waals surface area contributed by atoms with Gasteiger partial charge < -0.3 is 10.2 Å². The molecule has 1 aliphatic rings. The van der Waals surface area contributed by atoms with Crippen LogP contribution in [0.25, 0.3) is 0 Å². The van der Waals surface area contributed by atoms with E-state index in [1.54, 1.807) is 0 Å². The quantitative estimate of drug-likeness (QED) is 0.795. The van der Waals surface area contributed by atoms with E-state index in [0.717, 1.165) is 43.7 Å². The molecule has 1 N–H and O–H groups in total. The maximum Gasteiger partial charge on any atom is 0.228 e. The molecule has 0 bridgehead atoms. The van der Waals surface area contributed by atoms with Crippen LogP contribution in [-0.2, 0) is 4.79 Å². The molecule has 0 saturated carbocycles. The standard InChI is InChI=1S/C16H20IN3O/c1-12-10-14(17)5-6-15(12)19-16(21)13-4-2-8-20(11-13)9-3-7-18/h5-6,10,13H,2-4,8-9,11H2,1H3,(H,19,21). The fraction of sp³-hybridized carbons (Fsp3) is 0.500. The normalized spacial score (nSPS) is 19.0. The second-order valence-corrected chi connectivity index (χ2v) is 6.74. The number of hydrogen-bond acceptors (Lipinski definition) is 3. The Hall–Kier alpha value is -1.13. The zero-order valence-corrected chi connectivity index (χ0v) is 14.4. The number of carbonyl (C=O) groups excluding carboxylic acids is 1. The zero-order chi connectivity index (χ0) is 15.2. The first-order valence-corrected chi connectivity index (χ1v) is 8.34. The van der Waals surface area contributed by atoms with Crippen molar-refractivity contribution in [3.63, 3.8) is 0 Å². The van der Waals surface area contributed by atoms with Crippen molar-refractivity contribution in [3.8, 4) is 6.07 Å². The number of benzene rings is 1. The molecule has 1 saturated heterocycles. The van der Waals surface area contributed by atoms with E-state index in [1.165, 1.54) is 3.57 Å². The Kier molecular flexibility index (Phi) is 6.00. The Labute approximate surface area is 139 Å². The summed E-state index contributed by atoms with van der Waals surface area (Å²) in [5.74, 6) is 0.122. The van der Waals surface area contributed by atoms with Crippen LogP contribution in [0.3, 0.4) is 0 Å². The molecule has 21 heavy (non-hydrogen) atoms. The number of likely N-dealkylation sites (tertiary alicyclic amines) is 1. The molecule has 4 nitrogen and oxygen atoms in total. The van der Waals surface area contributed by atoms with Crippen molar-refractivity contribution in [1.82, 2.24) is 4.90 Å². The molecule has 1 aromatic carbocycles. The molecule has 2 rings (SSSR count). The van der Waals surface area contributed by atoms with E-state index in [0.29, 0.717) is 6.42 Å². The Bertz CT molecular complexity index is 553. The lowest BCUT2D eigenvalue weighted by Crippen LogP contribution is -2.41. The second-order valence-electron chi connectivity index (χ2n) is 5.50. The van der Waals surface area contributed by atoms with E-state index in [1.807, 2.05) is 19.1 Å². The lowest BCUT2D eigenvalue weighted by atomic mass is 9.96. The van der Waals surface area contributed by atoms with Crippen LogP contribution in [0.5, 0.6) is 0 Å². The van der Waals surface area contributed by atoms with Gasteiger partial charge in [-0.25, -0.2) is 0 Å². The molecular weight excluding hydrogens is 377 g/mol. The van der Waals surface area contributed by atoms with Gasteiger partial charge in [0.25, 0.3) is 0 Å². The number of carbonyl (C=O) groups is 1. The van der Waals surface area contributed by atoms with Crippen LogP contribution in [0.4, 0.5) is 5.69 Å². The number of piperidine rings is 1.